The molecule has 6 nitrogen and oxygen atoms in total. The summed E-state index contributed by atoms with van der Waals surface area (Å²) < 4.78 is 10.6. The summed E-state index contributed by atoms with van der Waals surface area (Å²) in [7, 11) is 3.04. The van der Waals surface area contributed by atoms with E-state index in [9.17, 15) is 15.2 Å². The second-order valence-electron chi connectivity index (χ2n) is 7.04. The molecule has 2 aliphatic rings. The molecule has 0 aliphatic carbocycles. The lowest BCUT2D eigenvalue weighted by Gasteiger charge is -2.38. The van der Waals surface area contributed by atoms with Crippen LogP contribution in [0.4, 0.5) is 0 Å². The number of carbonyl (C=O) groups is 1. The molecule has 0 bridgehead atoms. The van der Waals surface area contributed by atoms with E-state index in [0.717, 1.165) is 5.56 Å². The van der Waals surface area contributed by atoms with Gasteiger partial charge in [0.25, 0.3) is 0 Å². The number of thioether (sulfide) groups is 1. The van der Waals surface area contributed by atoms with E-state index in [1.165, 1.54) is 30.9 Å². The van der Waals surface area contributed by atoms with Gasteiger partial charge in [-0.25, -0.2) is 0 Å². The zero-order chi connectivity index (χ0) is 21.5. The number of hydrogen-bond acceptors (Lipinski definition) is 6. The molecule has 1 saturated heterocycles. The maximum Gasteiger partial charge on any atom is 0.231 e. The van der Waals surface area contributed by atoms with Crippen molar-refractivity contribution in [2.45, 2.75) is 18.1 Å². The first-order valence-electron chi connectivity index (χ1n) is 9.23. The van der Waals surface area contributed by atoms with E-state index in [0.29, 0.717) is 32.7 Å². The van der Waals surface area contributed by atoms with Gasteiger partial charge in [-0.3, -0.25) is 9.69 Å². The van der Waals surface area contributed by atoms with E-state index in [1.807, 2.05) is 12.1 Å². The first-order chi connectivity index (χ1) is 14.4. The highest BCUT2D eigenvalue weighted by molar-refractivity contribution is 8.03. The number of nitriles is 1. The number of nitrogens with zero attached hydrogens (tertiary/aromatic N) is 2. The van der Waals surface area contributed by atoms with Crippen LogP contribution in [-0.4, -0.2) is 35.9 Å². The average Bonchev–Trinajstić information content (AvgIpc) is 3.13. The van der Waals surface area contributed by atoms with Crippen LogP contribution < -0.4 is 9.47 Å². The normalized spacial score (nSPS) is 23.2. The zero-order valence-electron chi connectivity index (χ0n) is 16.4. The standard InChI is InChI=1S/C22H19ClN2O4S/c1-28-18-8-5-14(9-19(18)29-2)22(27)12-30-21-17(11-24)16(10-20(26)25(21)22)13-3-6-15(23)7-4-13/h3-9,16,27H,10,12H2,1-2H3/t16-,22+/m1/s1. The molecule has 0 spiro atoms. The molecule has 1 amide bonds. The van der Waals surface area contributed by atoms with Crippen LogP contribution in [0.1, 0.15) is 23.5 Å². The van der Waals surface area contributed by atoms with Crippen LogP contribution in [0.15, 0.2) is 53.1 Å². The maximum absolute atomic E-state index is 13.2. The fourth-order valence-electron chi connectivity index (χ4n) is 3.90. The Morgan fingerprint density at radius 1 is 1.20 bits per heavy atom. The summed E-state index contributed by atoms with van der Waals surface area (Å²) in [6.45, 7) is 0. The van der Waals surface area contributed by atoms with Gasteiger partial charge in [0.15, 0.2) is 17.2 Å². The largest absolute Gasteiger partial charge is 0.493 e. The van der Waals surface area contributed by atoms with Crippen molar-refractivity contribution in [1.82, 2.24) is 4.90 Å². The minimum Gasteiger partial charge on any atom is -0.493 e. The number of amides is 1. The van der Waals surface area contributed by atoms with Gasteiger partial charge in [0.2, 0.25) is 5.91 Å². The number of ether oxygens (including phenoxy) is 2. The summed E-state index contributed by atoms with van der Waals surface area (Å²) in [6.07, 6.45) is 0.0875. The number of rotatable bonds is 4. The molecule has 1 fully saturated rings. The summed E-state index contributed by atoms with van der Waals surface area (Å²) in [5, 5.41) is 22.5. The summed E-state index contributed by atoms with van der Waals surface area (Å²) in [4.78, 5) is 14.5. The summed E-state index contributed by atoms with van der Waals surface area (Å²) in [5.74, 6) is 0.575. The van der Waals surface area contributed by atoms with E-state index in [2.05, 4.69) is 6.07 Å². The van der Waals surface area contributed by atoms with Gasteiger partial charge in [-0.05, 0) is 29.8 Å². The number of halogens is 1. The first kappa shape index (κ1) is 20.6. The number of aliphatic hydroxyl groups is 1. The van der Waals surface area contributed by atoms with Crippen molar-refractivity contribution < 1.29 is 19.4 Å². The fraction of sp³-hybridized carbons (Fsp3) is 0.273. The van der Waals surface area contributed by atoms with Crippen LogP contribution in [0.2, 0.25) is 5.02 Å². The molecular weight excluding hydrogens is 424 g/mol. The first-order valence-corrected chi connectivity index (χ1v) is 10.6. The monoisotopic (exact) mass is 442 g/mol. The van der Waals surface area contributed by atoms with Crippen molar-refractivity contribution in [2.75, 3.05) is 20.0 Å². The summed E-state index contributed by atoms with van der Waals surface area (Å²) >= 11 is 7.29. The van der Waals surface area contributed by atoms with Crippen molar-refractivity contribution in [3.63, 3.8) is 0 Å². The lowest BCUT2D eigenvalue weighted by molar-refractivity contribution is -0.149. The number of benzene rings is 2. The Kier molecular flexibility index (Phi) is 5.41. The average molecular weight is 443 g/mol. The summed E-state index contributed by atoms with van der Waals surface area (Å²) in [6, 6.07) is 14.5. The highest BCUT2D eigenvalue weighted by Crippen LogP contribution is 2.52. The minimum absolute atomic E-state index is 0.0875. The van der Waals surface area contributed by atoms with Gasteiger partial charge in [0.05, 0.1) is 36.6 Å². The molecule has 1 N–H and O–H groups in total. The second-order valence-corrected chi connectivity index (χ2v) is 8.44. The predicted octanol–water partition coefficient (Wildman–Crippen LogP) is 4.00. The SMILES string of the molecule is COc1ccc([C@@]2(O)CSC3=C(C#N)[C@@H](c4ccc(Cl)cc4)CC(=O)N32)cc1OC. The van der Waals surface area contributed by atoms with Crippen LogP contribution in [0, 0.1) is 11.3 Å². The highest BCUT2D eigenvalue weighted by atomic mass is 35.5. The third-order valence-electron chi connectivity index (χ3n) is 5.43. The molecule has 30 heavy (non-hydrogen) atoms. The molecule has 8 heteroatoms. The van der Waals surface area contributed by atoms with Crippen molar-refractivity contribution in [3.05, 3.63) is 69.2 Å². The van der Waals surface area contributed by atoms with Gasteiger partial charge >= 0.3 is 0 Å². The molecule has 2 heterocycles. The van der Waals surface area contributed by atoms with Crippen LogP contribution in [0.25, 0.3) is 0 Å². The molecule has 154 valence electrons. The van der Waals surface area contributed by atoms with Crippen molar-refractivity contribution in [1.29, 1.82) is 5.26 Å². The van der Waals surface area contributed by atoms with E-state index in [1.54, 1.807) is 30.3 Å². The Morgan fingerprint density at radius 2 is 1.90 bits per heavy atom. The van der Waals surface area contributed by atoms with Gasteiger partial charge in [-0.2, -0.15) is 5.26 Å². The van der Waals surface area contributed by atoms with E-state index in [4.69, 9.17) is 21.1 Å². The number of allylic oxidation sites excluding steroid dienone is 1. The molecule has 2 atom stereocenters. The molecule has 0 radical (unpaired) electrons. The van der Waals surface area contributed by atoms with Gasteiger partial charge in [0, 0.05) is 22.9 Å². The smallest absolute Gasteiger partial charge is 0.231 e. The minimum atomic E-state index is -1.58. The van der Waals surface area contributed by atoms with Gasteiger partial charge in [0.1, 0.15) is 0 Å². The van der Waals surface area contributed by atoms with Crippen molar-refractivity contribution in [2.24, 2.45) is 0 Å². The summed E-state index contributed by atoms with van der Waals surface area (Å²) in [5.41, 5.74) is 0.235. The van der Waals surface area contributed by atoms with Crippen LogP contribution >= 0.6 is 23.4 Å². The Balaban J connectivity index is 1.79. The molecule has 2 aliphatic heterocycles. The number of methoxy groups -OCH3 is 2. The lowest BCUT2D eigenvalue weighted by atomic mass is 9.85. The Bertz CT molecular complexity index is 1080. The topological polar surface area (TPSA) is 82.8 Å². The second kappa shape index (κ2) is 7.88. The van der Waals surface area contributed by atoms with Crippen molar-refractivity contribution in [3.8, 4) is 17.6 Å². The number of fused-ring (bicyclic) bond motifs is 1. The fourth-order valence-corrected chi connectivity index (χ4v) is 5.39. The Labute approximate surface area is 183 Å². The zero-order valence-corrected chi connectivity index (χ0v) is 18.0. The predicted molar refractivity (Wildman–Crippen MR) is 114 cm³/mol. The number of carbonyl (C=O) groups excluding carboxylic acids is 1. The van der Waals surface area contributed by atoms with Crippen LogP contribution in [-0.2, 0) is 10.5 Å². The maximum atomic E-state index is 13.2. The lowest BCUT2D eigenvalue weighted by Crippen LogP contribution is -2.48. The van der Waals surface area contributed by atoms with Gasteiger partial charge in [-0.1, -0.05) is 29.8 Å². The third kappa shape index (κ3) is 3.21. The Hall–Kier alpha value is -2.66. The van der Waals surface area contributed by atoms with Crippen LogP contribution in [0.5, 0.6) is 11.5 Å². The van der Waals surface area contributed by atoms with E-state index >= 15 is 0 Å². The van der Waals surface area contributed by atoms with Gasteiger partial charge < -0.3 is 14.6 Å². The Morgan fingerprint density at radius 3 is 2.53 bits per heavy atom. The van der Waals surface area contributed by atoms with Crippen molar-refractivity contribution >= 4 is 29.3 Å². The molecule has 2 aromatic rings. The van der Waals surface area contributed by atoms with Crippen LogP contribution in [0.3, 0.4) is 0 Å². The van der Waals surface area contributed by atoms with E-state index in [-0.39, 0.29) is 24.0 Å². The molecular formula is C22H19ClN2O4S. The molecule has 4 rings (SSSR count). The molecule has 0 aromatic heterocycles. The highest BCUT2D eigenvalue weighted by Gasteiger charge is 2.52. The molecule has 2 aromatic carbocycles. The van der Waals surface area contributed by atoms with E-state index < -0.39 is 5.72 Å². The quantitative estimate of drug-likeness (QED) is 0.770. The third-order valence-corrected chi connectivity index (χ3v) is 6.90. The van der Waals surface area contributed by atoms with Gasteiger partial charge in [-0.15, -0.1) is 11.8 Å². The number of hydrogen-bond donors (Lipinski definition) is 1. The molecule has 0 saturated carbocycles. The molecule has 0 unspecified atom stereocenters.